The second-order valence-electron chi connectivity index (χ2n) is 12.2. The molecule has 1 aromatic carbocycles. The summed E-state index contributed by atoms with van der Waals surface area (Å²) in [7, 11) is 0. The molecule has 4 heterocycles. The molecule has 206 valence electrons. The van der Waals surface area contributed by atoms with Gasteiger partial charge in [-0.25, -0.2) is 9.97 Å². The van der Waals surface area contributed by atoms with Crippen molar-refractivity contribution >= 4 is 17.5 Å². The molecule has 0 radical (unpaired) electrons. The van der Waals surface area contributed by atoms with Crippen LogP contribution in [-0.2, 0) is 23.3 Å². The number of hydrogen-bond acceptors (Lipinski definition) is 5. The van der Waals surface area contributed by atoms with E-state index in [9.17, 15) is 9.59 Å². The Morgan fingerprint density at radius 3 is 2.41 bits per heavy atom. The minimum atomic E-state index is -0.545. The van der Waals surface area contributed by atoms with Gasteiger partial charge in [0.15, 0.2) is 5.69 Å². The van der Waals surface area contributed by atoms with Gasteiger partial charge < -0.3 is 19.3 Å². The minimum Gasteiger partial charge on any atom is -0.348 e. The Hall–Kier alpha value is -3.68. The molecule has 5 rings (SSSR count). The lowest BCUT2D eigenvalue weighted by molar-refractivity contribution is -0.146. The Bertz CT molecular complexity index is 1330. The van der Waals surface area contributed by atoms with Crippen molar-refractivity contribution in [2.24, 2.45) is 5.92 Å². The highest BCUT2D eigenvalue weighted by molar-refractivity contribution is 6.03. The van der Waals surface area contributed by atoms with E-state index in [1.165, 1.54) is 5.56 Å². The fourth-order valence-electron chi connectivity index (χ4n) is 5.79. The van der Waals surface area contributed by atoms with Crippen molar-refractivity contribution < 1.29 is 9.59 Å². The van der Waals surface area contributed by atoms with Crippen LogP contribution in [0.25, 0.3) is 0 Å². The summed E-state index contributed by atoms with van der Waals surface area (Å²) in [6.07, 6.45) is 6.19. The fourth-order valence-corrected chi connectivity index (χ4v) is 5.79. The molecule has 1 saturated heterocycles. The van der Waals surface area contributed by atoms with Gasteiger partial charge in [-0.15, -0.1) is 0 Å². The van der Waals surface area contributed by atoms with Crippen molar-refractivity contribution in [3.05, 3.63) is 77.6 Å². The summed E-state index contributed by atoms with van der Waals surface area (Å²) in [5, 5.41) is 0. The summed E-state index contributed by atoms with van der Waals surface area (Å²) in [4.78, 5) is 42.7. The van der Waals surface area contributed by atoms with Crippen LogP contribution in [0.1, 0.15) is 68.3 Å². The zero-order chi connectivity index (χ0) is 27.9. The monoisotopic (exact) mass is 528 g/mol. The molecular weight excluding hydrogens is 488 g/mol. The van der Waals surface area contributed by atoms with Crippen molar-refractivity contribution in [1.29, 1.82) is 0 Å². The lowest BCUT2D eigenvalue weighted by atomic mass is 9.86. The third-order valence-electron chi connectivity index (χ3n) is 7.89. The Labute approximate surface area is 231 Å². The summed E-state index contributed by atoms with van der Waals surface area (Å²) in [5.41, 5.74) is 4.52. The maximum Gasteiger partial charge on any atom is 0.277 e. The molecule has 2 atom stereocenters. The average molecular weight is 529 g/mol. The lowest BCUT2D eigenvalue weighted by Gasteiger charge is -2.54. The van der Waals surface area contributed by atoms with Crippen LogP contribution < -0.4 is 4.90 Å². The molecule has 8 nitrogen and oxygen atoms in total. The molecule has 8 heteroatoms. The Balaban J connectivity index is 1.47. The van der Waals surface area contributed by atoms with Crippen molar-refractivity contribution in [3.8, 4) is 0 Å². The fraction of sp³-hybridized carbons (Fsp3) is 0.484. The van der Waals surface area contributed by atoms with Gasteiger partial charge >= 0.3 is 0 Å². The Morgan fingerprint density at radius 2 is 1.77 bits per heavy atom. The smallest absolute Gasteiger partial charge is 0.277 e. The zero-order valence-electron chi connectivity index (χ0n) is 24.0. The van der Waals surface area contributed by atoms with Gasteiger partial charge in [0, 0.05) is 37.7 Å². The van der Waals surface area contributed by atoms with Crippen molar-refractivity contribution in [1.82, 2.24) is 24.3 Å². The number of nitrogens with zero attached hydrogens (tertiary/aromatic N) is 6. The number of piperazine rings is 1. The first-order valence-corrected chi connectivity index (χ1v) is 14.0. The molecule has 0 saturated carbocycles. The van der Waals surface area contributed by atoms with Crippen molar-refractivity contribution in [2.45, 2.75) is 78.7 Å². The maximum atomic E-state index is 13.9. The zero-order valence-corrected chi connectivity index (χ0v) is 24.0. The number of carbonyl (C=O) groups is 2. The predicted octanol–water partition coefficient (Wildman–Crippen LogP) is 4.63. The first-order valence-electron chi connectivity index (χ1n) is 14.0. The van der Waals surface area contributed by atoms with Gasteiger partial charge in [-0.3, -0.25) is 9.59 Å². The van der Waals surface area contributed by atoms with Gasteiger partial charge in [0.2, 0.25) is 5.91 Å². The van der Waals surface area contributed by atoms with Gasteiger partial charge in [0.05, 0.1) is 18.6 Å². The van der Waals surface area contributed by atoms with Crippen molar-refractivity contribution in [3.63, 3.8) is 0 Å². The van der Waals surface area contributed by atoms with Crippen LogP contribution in [0.4, 0.5) is 5.69 Å². The van der Waals surface area contributed by atoms with Gasteiger partial charge in [0.1, 0.15) is 12.2 Å². The number of imidazole rings is 1. The number of aryl methyl sites for hydroxylation is 2. The molecule has 1 fully saturated rings. The number of anilines is 1. The number of pyridine rings is 1. The highest BCUT2D eigenvalue weighted by Gasteiger charge is 2.50. The van der Waals surface area contributed by atoms with Gasteiger partial charge in [-0.05, 0) is 47.9 Å². The number of benzene rings is 1. The summed E-state index contributed by atoms with van der Waals surface area (Å²) in [6, 6.07) is 12.0. The van der Waals surface area contributed by atoms with E-state index in [0.717, 1.165) is 36.5 Å². The Kier molecular flexibility index (Phi) is 7.23. The van der Waals surface area contributed by atoms with Crippen molar-refractivity contribution in [2.75, 3.05) is 18.0 Å². The highest BCUT2D eigenvalue weighted by atomic mass is 16.2. The van der Waals surface area contributed by atoms with Crippen LogP contribution in [0.15, 0.2) is 55.1 Å². The number of rotatable bonds is 7. The first kappa shape index (κ1) is 26.9. The van der Waals surface area contributed by atoms with E-state index in [-0.39, 0.29) is 29.3 Å². The second kappa shape index (κ2) is 10.5. The maximum absolute atomic E-state index is 13.9. The van der Waals surface area contributed by atoms with Crippen LogP contribution in [-0.4, -0.2) is 61.4 Å². The summed E-state index contributed by atoms with van der Waals surface area (Å²) in [5.74, 6) is -0.177. The summed E-state index contributed by atoms with van der Waals surface area (Å²) in [6.45, 7) is 15.1. The number of amides is 2. The molecule has 39 heavy (non-hydrogen) atoms. The van der Waals surface area contributed by atoms with E-state index >= 15 is 0 Å². The van der Waals surface area contributed by atoms with Gasteiger partial charge in [-0.1, -0.05) is 58.9 Å². The topological polar surface area (TPSA) is 74.6 Å². The van der Waals surface area contributed by atoms with Crippen LogP contribution in [0, 0.1) is 12.8 Å². The normalized spacial score (nSPS) is 19.5. The van der Waals surface area contributed by atoms with E-state index in [1.807, 2.05) is 55.2 Å². The molecule has 2 amide bonds. The number of carbonyl (C=O) groups excluding carboxylic acids is 2. The van der Waals surface area contributed by atoms with Gasteiger partial charge in [0.25, 0.3) is 5.91 Å². The molecule has 2 aromatic heterocycles. The third kappa shape index (κ3) is 5.29. The quantitative estimate of drug-likeness (QED) is 0.447. The first-order chi connectivity index (χ1) is 18.5. The van der Waals surface area contributed by atoms with E-state index < -0.39 is 6.04 Å². The lowest BCUT2D eigenvalue weighted by Crippen LogP contribution is -2.71. The SMILES string of the molecule is Cc1ccc2c(n1)C(=O)N1C(C(C)C)C(=O)N(Cc3ccc(C(C)(C)C)cc3)CC1N2CCCn1ccnc1. The summed E-state index contributed by atoms with van der Waals surface area (Å²) >= 11 is 0. The number of fused-ring (bicyclic) bond motifs is 2. The molecule has 0 bridgehead atoms. The van der Waals surface area contributed by atoms with E-state index in [0.29, 0.717) is 18.8 Å². The molecule has 2 unspecified atom stereocenters. The molecule has 3 aromatic rings. The number of hydrogen-bond donors (Lipinski definition) is 0. The molecular formula is C31H40N6O2. The van der Waals surface area contributed by atoms with E-state index in [4.69, 9.17) is 0 Å². The van der Waals surface area contributed by atoms with Gasteiger partial charge in [-0.2, -0.15) is 0 Å². The molecule has 2 aliphatic rings. The van der Waals surface area contributed by atoms with E-state index in [1.54, 1.807) is 6.20 Å². The molecule has 2 aliphatic heterocycles. The predicted molar refractivity (Wildman–Crippen MR) is 152 cm³/mol. The summed E-state index contributed by atoms with van der Waals surface area (Å²) < 4.78 is 2.07. The minimum absolute atomic E-state index is 0.00367. The molecule has 0 aliphatic carbocycles. The standard InChI is InChI=1S/C31H40N6O2/c1-21(2)28-30(39)35(18-23-9-11-24(12-10-23)31(4,5)6)19-26-36(16-7-15-34-17-14-32-20-34)25-13-8-22(3)33-27(25)29(38)37(26)28/h8-14,17,20-21,26,28H,7,15-16,18-19H2,1-6H3. The second-order valence-corrected chi connectivity index (χ2v) is 12.2. The third-order valence-corrected chi connectivity index (χ3v) is 7.89. The Morgan fingerprint density at radius 1 is 1.03 bits per heavy atom. The van der Waals surface area contributed by atoms with Crippen LogP contribution in [0.5, 0.6) is 0 Å². The largest absolute Gasteiger partial charge is 0.348 e. The van der Waals surface area contributed by atoms with Crippen LogP contribution in [0.3, 0.4) is 0 Å². The average Bonchev–Trinajstić information content (AvgIpc) is 3.40. The van der Waals surface area contributed by atoms with Crippen LogP contribution in [0.2, 0.25) is 0 Å². The van der Waals surface area contributed by atoms with Crippen LogP contribution >= 0.6 is 0 Å². The molecule has 0 N–H and O–H groups in total. The highest BCUT2D eigenvalue weighted by Crippen LogP contribution is 2.37. The van der Waals surface area contributed by atoms with E-state index in [2.05, 4.69) is 64.5 Å². The number of aromatic nitrogens is 3. The molecule has 0 spiro atoms.